The van der Waals surface area contributed by atoms with Crippen molar-refractivity contribution in [2.24, 2.45) is 0 Å². The molecule has 0 aromatic heterocycles. The molecule has 0 aromatic carbocycles. The van der Waals surface area contributed by atoms with Gasteiger partial charge in [-0.15, -0.1) is 11.6 Å². The molecular formula is C19H39ClO6Si2. The van der Waals surface area contributed by atoms with Crippen LogP contribution in [0.15, 0.2) is 0 Å². The average molecular weight is 455 g/mol. The highest BCUT2D eigenvalue weighted by Gasteiger charge is 2.54. The number of carbonyl (C=O) groups is 1. The summed E-state index contributed by atoms with van der Waals surface area (Å²) in [6.45, 7) is 22.3. The van der Waals surface area contributed by atoms with Crippen molar-refractivity contribution in [3.05, 3.63) is 0 Å². The molecule has 0 spiro atoms. The summed E-state index contributed by atoms with van der Waals surface area (Å²) < 4.78 is 24.1. The van der Waals surface area contributed by atoms with Gasteiger partial charge in [0, 0.05) is 6.92 Å². The Labute approximate surface area is 177 Å². The Morgan fingerprint density at radius 3 is 1.75 bits per heavy atom. The van der Waals surface area contributed by atoms with E-state index in [-0.39, 0.29) is 10.1 Å². The molecule has 0 aliphatic carbocycles. The first-order valence-electron chi connectivity index (χ1n) is 9.80. The summed E-state index contributed by atoms with van der Waals surface area (Å²) in [5.41, 5.74) is 0. The number of aliphatic hydroxyl groups excluding tert-OH is 1. The molecule has 5 atom stereocenters. The quantitative estimate of drug-likeness (QED) is 0.371. The molecule has 0 bridgehead atoms. The highest BCUT2D eigenvalue weighted by molar-refractivity contribution is 6.74. The molecule has 0 radical (unpaired) electrons. The van der Waals surface area contributed by atoms with Crippen molar-refractivity contribution in [2.45, 2.75) is 115 Å². The summed E-state index contributed by atoms with van der Waals surface area (Å²) in [7, 11) is -4.54. The third-order valence-corrected chi connectivity index (χ3v) is 15.6. The SMILES string of the molecule is CC(=O)O[C@H]1[C@@H](O[Si](C)(C)C(C)(C)C)OC(O)C(Cl)[C@H]1O[Si](C)(C)C(C)(C)C. The van der Waals surface area contributed by atoms with Crippen LogP contribution in [0.4, 0.5) is 0 Å². The lowest BCUT2D eigenvalue weighted by atomic mass is 10.1. The van der Waals surface area contributed by atoms with E-state index in [4.69, 9.17) is 29.9 Å². The number of ether oxygens (including phenoxy) is 2. The van der Waals surface area contributed by atoms with Crippen molar-refractivity contribution in [3.8, 4) is 0 Å². The molecule has 0 amide bonds. The van der Waals surface area contributed by atoms with Crippen LogP contribution >= 0.6 is 11.6 Å². The van der Waals surface area contributed by atoms with Gasteiger partial charge in [0.1, 0.15) is 11.5 Å². The summed E-state index contributed by atoms with van der Waals surface area (Å²) >= 11 is 6.48. The lowest BCUT2D eigenvalue weighted by Crippen LogP contribution is -2.63. The first-order chi connectivity index (χ1) is 12.3. The topological polar surface area (TPSA) is 74.2 Å². The third kappa shape index (κ3) is 6.03. The summed E-state index contributed by atoms with van der Waals surface area (Å²) in [5.74, 6) is -0.471. The van der Waals surface area contributed by atoms with E-state index in [1.54, 1.807) is 0 Å². The lowest BCUT2D eigenvalue weighted by molar-refractivity contribution is -0.286. The molecule has 1 aliphatic heterocycles. The molecule has 0 aromatic rings. The van der Waals surface area contributed by atoms with Gasteiger partial charge in [-0.2, -0.15) is 0 Å². The molecule has 166 valence electrons. The van der Waals surface area contributed by atoms with Crippen LogP contribution in [0, 0.1) is 0 Å². The van der Waals surface area contributed by atoms with Crippen molar-refractivity contribution in [1.29, 1.82) is 0 Å². The maximum absolute atomic E-state index is 11.8. The van der Waals surface area contributed by atoms with Gasteiger partial charge < -0.3 is 23.4 Å². The summed E-state index contributed by atoms with van der Waals surface area (Å²) in [5, 5.41) is 9.40. The summed E-state index contributed by atoms with van der Waals surface area (Å²) in [6, 6.07) is 0. The highest BCUT2D eigenvalue weighted by Crippen LogP contribution is 2.43. The van der Waals surface area contributed by atoms with Gasteiger partial charge in [-0.05, 0) is 36.3 Å². The monoisotopic (exact) mass is 454 g/mol. The molecule has 1 saturated heterocycles. The molecule has 0 saturated carbocycles. The maximum Gasteiger partial charge on any atom is 0.303 e. The predicted octanol–water partition coefficient (Wildman–Crippen LogP) is 4.61. The molecule has 2 unspecified atom stereocenters. The van der Waals surface area contributed by atoms with Crippen molar-refractivity contribution in [3.63, 3.8) is 0 Å². The number of halogens is 1. The Balaban J connectivity index is 3.29. The van der Waals surface area contributed by atoms with Crippen LogP contribution in [0.5, 0.6) is 0 Å². The Morgan fingerprint density at radius 2 is 1.36 bits per heavy atom. The summed E-state index contributed by atoms with van der Waals surface area (Å²) in [6.07, 6.45) is -3.81. The predicted molar refractivity (Wildman–Crippen MR) is 116 cm³/mol. The van der Waals surface area contributed by atoms with E-state index in [2.05, 4.69) is 67.7 Å². The zero-order chi connectivity index (χ0) is 22.3. The zero-order valence-corrected chi connectivity index (χ0v) is 22.0. The second-order valence-corrected chi connectivity index (χ2v) is 20.7. The van der Waals surface area contributed by atoms with Crippen molar-refractivity contribution in [2.75, 3.05) is 0 Å². The van der Waals surface area contributed by atoms with Gasteiger partial charge in [0.15, 0.2) is 35.3 Å². The Morgan fingerprint density at radius 1 is 0.929 bits per heavy atom. The van der Waals surface area contributed by atoms with Gasteiger partial charge >= 0.3 is 5.97 Å². The normalized spacial score (nSPS) is 30.2. The van der Waals surface area contributed by atoms with Crippen molar-refractivity contribution < 1.29 is 28.2 Å². The molecule has 1 N–H and O–H groups in total. The van der Waals surface area contributed by atoms with Gasteiger partial charge in [-0.3, -0.25) is 4.79 Å². The van der Waals surface area contributed by atoms with Crippen LogP contribution in [0.3, 0.4) is 0 Å². The van der Waals surface area contributed by atoms with Crippen molar-refractivity contribution in [1.82, 2.24) is 0 Å². The Hall–Kier alpha value is 0.0338. The highest BCUT2D eigenvalue weighted by atomic mass is 35.5. The summed E-state index contributed by atoms with van der Waals surface area (Å²) in [4.78, 5) is 11.8. The molecular weight excluding hydrogens is 416 g/mol. The lowest BCUT2D eigenvalue weighted by Gasteiger charge is -2.49. The first kappa shape index (κ1) is 26.1. The van der Waals surface area contributed by atoms with Gasteiger partial charge in [0.05, 0.1) is 0 Å². The average Bonchev–Trinajstić information content (AvgIpc) is 2.45. The number of esters is 1. The fourth-order valence-corrected chi connectivity index (χ4v) is 5.09. The second-order valence-electron chi connectivity index (χ2n) is 10.6. The minimum Gasteiger partial charge on any atom is -0.454 e. The number of rotatable bonds is 5. The van der Waals surface area contributed by atoms with E-state index in [0.29, 0.717) is 0 Å². The van der Waals surface area contributed by atoms with E-state index < -0.39 is 52.8 Å². The minimum atomic E-state index is -2.28. The van der Waals surface area contributed by atoms with E-state index in [1.165, 1.54) is 6.92 Å². The van der Waals surface area contributed by atoms with Gasteiger partial charge in [-0.1, -0.05) is 41.5 Å². The Kier molecular flexibility index (Phi) is 8.05. The van der Waals surface area contributed by atoms with E-state index >= 15 is 0 Å². The van der Waals surface area contributed by atoms with Crippen LogP contribution in [0.25, 0.3) is 0 Å². The van der Waals surface area contributed by atoms with Crippen LogP contribution in [-0.4, -0.2) is 57.9 Å². The number of hydrogen-bond acceptors (Lipinski definition) is 6. The molecule has 6 nitrogen and oxygen atoms in total. The van der Waals surface area contributed by atoms with Gasteiger partial charge in [-0.25, -0.2) is 0 Å². The van der Waals surface area contributed by atoms with Crippen LogP contribution in [0.1, 0.15) is 48.5 Å². The standard InChI is InChI=1S/C19H39ClO6Si2/c1-12(21)23-15-14(25-27(8,9)18(2,3)4)13(20)16(22)24-17(15)26-28(10,11)19(5,6)7/h13-17,22H,1-11H3/t13?,14-,15-,16?,17-/m1/s1. The molecule has 1 heterocycles. The molecule has 1 rings (SSSR count). The molecule has 1 fully saturated rings. The number of carbonyl (C=O) groups excluding carboxylic acids is 1. The number of aliphatic hydroxyl groups is 1. The van der Waals surface area contributed by atoms with Crippen molar-refractivity contribution >= 4 is 34.2 Å². The van der Waals surface area contributed by atoms with Gasteiger partial charge in [0.2, 0.25) is 0 Å². The van der Waals surface area contributed by atoms with Crippen LogP contribution in [0.2, 0.25) is 36.3 Å². The molecule has 9 heteroatoms. The fraction of sp³-hybridized carbons (Fsp3) is 0.947. The van der Waals surface area contributed by atoms with E-state index in [0.717, 1.165) is 0 Å². The zero-order valence-electron chi connectivity index (χ0n) is 19.3. The first-order valence-corrected chi connectivity index (χ1v) is 16.1. The number of alkyl halides is 1. The van der Waals surface area contributed by atoms with E-state index in [9.17, 15) is 9.90 Å². The fourth-order valence-electron chi connectivity index (χ4n) is 2.31. The maximum atomic E-state index is 11.8. The smallest absolute Gasteiger partial charge is 0.303 e. The minimum absolute atomic E-state index is 0.0799. The van der Waals surface area contributed by atoms with Crippen LogP contribution in [-0.2, 0) is 23.1 Å². The van der Waals surface area contributed by atoms with Crippen LogP contribution < -0.4 is 0 Å². The third-order valence-electron chi connectivity index (χ3n) is 6.21. The van der Waals surface area contributed by atoms with E-state index in [1.807, 2.05) is 0 Å². The van der Waals surface area contributed by atoms with Gasteiger partial charge in [0.25, 0.3) is 0 Å². The Bertz CT molecular complexity index is 556. The molecule has 28 heavy (non-hydrogen) atoms. The number of hydrogen-bond donors (Lipinski definition) is 1. The largest absolute Gasteiger partial charge is 0.454 e. The second kappa shape index (κ2) is 8.65. The molecule has 1 aliphatic rings.